The predicted octanol–water partition coefficient (Wildman–Crippen LogP) is 2.56. The minimum atomic E-state index is -0.993. The van der Waals surface area contributed by atoms with Crippen LogP contribution in [0.25, 0.3) is 5.69 Å². The Morgan fingerprint density at radius 2 is 1.61 bits per heavy atom. The second-order valence-electron chi connectivity index (χ2n) is 6.76. The van der Waals surface area contributed by atoms with E-state index in [2.05, 4.69) is 6.58 Å². The molecule has 0 spiro atoms. The number of rotatable bonds is 6. The van der Waals surface area contributed by atoms with Crippen LogP contribution in [0.5, 0.6) is 0 Å². The number of urea groups is 1. The van der Waals surface area contributed by atoms with Gasteiger partial charge >= 0.3 is 17.8 Å². The van der Waals surface area contributed by atoms with Crippen LogP contribution in [-0.4, -0.2) is 51.1 Å². The van der Waals surface area contributed by atoms with Gasteiger partial charge in [0.05, 0.1) is 6.54 Å². The van der Waals surface area contributed by atoms with E-state index in [1.807, 2.05) is 49.6 Å². The van der Waals surface area contributed by atoms with E-state index in [0.717, 1.165) is 21.8 Å². The summed E-state index contributed by atoms with van der Waals surface area (Å²) in [5.41, 5.74) is 4.02. The third-order valence-corrected chi connectivity index (χ3v) is 4.77. The number of benzene rings is 1. The highest BCUT2D eigenvalue weighted by Crippen LogP contribution is 2.22. The lowest BCUT2D eigenvalue weighted by molar-refractivity contribution is -0.142. The van der Waals surface area contributed by atoms with Gasteiger partial charge in [0.15, 0.2) is 5.78 Å². The average Bonchev–Trinajstić information content (AvgIpc) is 3.06. The Balaban J connectivity index is 1.88. The molecule has 1 aromatic carbocycles. The van der Waals surface area contributed by atoms with E-state index in [1.165, 1.54) is 6.08 Å². The van der Waals surface area contributed by atoms with Gasteiger partial charge in [-0.05, 0) is 39.0 Å². The van der Waals surface area contributed by atoms with E-state index in [1.54, 1.807) is 6.07 Å². The lowest BCUT2D eigenvalue weighted by Crippen LogP contribution is -2.37. The fourth-order valence-corrected chi connectivity index (χ4v) is 3.34. The minimum Gasteiger partial charge on any atom is -0.318 e. The number of aryl methyl sites for hydroxylation is 2. The largest absolute Gasteiger partial charge is 0.334 e. The summed E-state index contributed by atoms with van der Waals surface area (Å²) in [5.74, 6) is -2.34. The summed E-state index contributed by atoms with van der Waals surface area (Å²) in [6, 6.07) is 8.82. The van der Waals surface area contributed by atoms with Gasteiger partial charge in [-0.1, -0.05) is 23.8 Å². The Kier molecular flexibility index (Phi) is 5.00. The number of ketones is 1. The normalized spacial score (nSPS) is 14.2. The van der Waals surface area contributed by atoms with E-state index in [-0.39, 0.29) is 6.54 Å². The summed E-state index contributed by atoms with van der Waals surface area (Å²) >= 11 is 0. The molecule has 28 heavy (non-hydrogen) atoms. The van der Waals surface area contributed by atoms with E-state index < -0.39 is 30.2 Å². The molecule has 7 nitrogen and oxygen atoms in total. The van der Waals surface area contributed by atoms with Gasteiger partial charge in [0, 0.05) is 29.2 Å². The Morgan fingerprint density at radius 1 is 1.00 bits per heavy atom. The molecule has 1 aromatic heterocycles. The minimum absolute atomic E-state index is 0.0734. The molecular formula is C21H21N3O4. The Hall–Kier alpha value is -3.48. The SMILES string of the molecule is C=CCN1C(=O)C(=O)N(CC(=O)c2cc(C)n(-c3ccc(C)cc3)c2C)C1=O. The molecule has 0 unspecified atom stereocenters. The second kappa shape index (κ2) is 7.26. The zero-order valence-corrected chi connectivity index (χ0v) is 16.1. The first-order valence-electron chi connectivity index (χ1n) is 8.83. The van der Waals surface area contributed by atoms with Crippen LogP contribution in [-0.2, 0) is 9.59 Å². The number of amides is 4. The summed E-state index contributed by atoms with van der Waals surface area (Å²) in [4.78, 5) is 50.6. The van der Waals surface area contributed by atoms with Crippen LogP contribution in [0.3, 0.4) is 0 Å². The number of imide groups is 2. The maximum atomic E-state index is 12.8. The van der Waals surface area contributed by atoms with Crippen LogP contribution < -0.4 is 0 Å². The highest BCUT2D eigenvalue weighted by molar-refractivity contribution is 6.45. The van der Waals surface area contributed by atoms with Gasteiger partial charge < -0.3 is 4.57 Å². The number of carbonyl (C=O) groups excluding carboxylic acids is 4. The molecule has 4 amide bonds. The molecule has 1 aliphatic rings. The zero-order chi connectivity index (χ0) is 20.6. The van der Waals surface area contributed by atoms with Crippen molar-refractivity contribution in [2.75, 3.05) is 13.1 Å². The van der Waals surface area contributed by atoms with E-state index in [9.17, 15) is 19.2 Å². The van der Waals surface area contributed by atoms with Gasteiger partial charge in [-0.15, -0.1) is 6.58 Å². The molecule has 0 atom stereocenters. The number of Topliss-reactive ketones (excluding diaryl/α,β-unsaturated/α-hetero) is 1. The summed E-state index contributed by atoms with van der Waals surface area (Å²) in [6.45, 7) is 8.60. The molecule has 2 heterocycles. The molecule has 144 valence electrons. The first-order valence-corrected chi connectivity index (χ1v) is 8.83. The van der Waals surface area contributed by atoms with Gasteiger partial charge in [0.25, 0.3) is 0 Å². The Morgan fingerprint density at radius 3 is 2.21 bits per heavy atom. The topological polar surface area (TPSA) is 79.7 Å². The van der Waals surface area contributed by atoms with E-state index in [4.69, 9.17) is 0 Å². The van der Waals surface area contributed by atoms with E-state index >= 15 is 0 Å². The monoisotopic (exact) mass is 379 g/mol. The van der Waals surface area contributed by atoms with E-state index in [0.29, 0.717) is 16.2 Å². The molecule has 0 aliphatic carbocycles. The molecule has 0 saturated carbocycles. The third kappa shape index (κ3) is 3.15. The van der Waals surface area contributed by atoms with Crippen molar-refractivity contribution in [2.24, 2.45) is 0 Å². The maximum absolute atomic E-state index is 12.8. The molecule has 7 heteroatoms. The average molecular weight is 379 g/mol. The summed E-state index contributed by atoms with van der Waals surface area (Å²) in [6.07, 6.45) is 1.35. The first kappa shape index (κ1) is 19.3. The number of carbonyl (C=O) groups is 4. The molecule has 0 N–H and O–H groups in total. The molecule has 1 saturated heterocycles. The van der Waals surface area contributed by atoms with Crippen molar-refractivity contribution in [2.45, 2.75) is 20.8 Å². The number of hydrogen-bond acceptors (Lipinski definition) is 4. The van der Waals surface area contributed by atoms with Gasteiger partial charge in [-0.3, -0.25) is 19.3 Å². The van der Waals surface area contributed by atoms with Crippen molar-refractivity contribution in [1.82, 2.24) is 14.4 Å². The van der Waals surface area contributed by atoms with Crippen LogP contribution in [0, 0.1) is 20.8 Å². The highest BCUT2D eigenvalue weighted by atomic mass is 16.2. The molecule has 3 rings (SSSR count). The van der Waals surface area contributed by atoms with Crippen molar-refractivity contribution < 1.29 is 19.2 Å². The number of nitrogens with zero attached hydrogens (tertiary/aromatic N) is 3. The quantitative estimate of drug-likeness (QED) is 0.334. The number of hydrogen-bond donors (Lipinski definition) is 0. The molecular weight excluding hydrogens is 358 g/mol. The van der Waals surface area contributed by atoms with Crippen molar-refractivity contribution in [3.63, 3.8) is 0 Å². The second-order valence-corrected chi connectivity index (χ2v) is 6.76. The summed E-state index contributed by atoms with van der Waals surface area (Å²) < 4.78 is 1.94. The van der Waals surface area contributed by atoms with Gasteiger partial charge in [-0.25, -0.2) is 9.69 Å². The summed E-state index contributed by atoms with van der Waals surface area (Å²) in [7, 11) is 0. The van der Waals surface area contributed by atoms with Crippen molar-refractivity contribution in [3.05, 3.63) is 65.5 Å². The first-order chi connectivity index (χ1) is 13.3. The van der Waals surface area contributed by atoms with Gasteiger partial charge in [0.1, 0.15) is 0 Å². The smallest absolute Gasteiger partial charge is 0.318 e. The standard InChI is InChI=1S/C21H21N3O4/c1-5-10-22-19(26)20(27)23(21(22)28)12-18(25)17-11-14(3)24(15(17)4)16-8-6-13(2)7-9-16/h5-9,11H,1,10,12H2,2-4H3. The molecule has 1 aliphatic heterocycles. The predicted molar refractivity (Wildman–Crippen MR) is 103 cm³/mol. The Labute approximate surface area is 162 Å². The van der Waals surface area contributed by atoms with Crippen molar-refractivity contribution in [3.8, 4) is 5.69 Å². The van der Waals surface area contributed by atoms with Crippen molar-refractivity contribution in [1.29, 1.82) is 0 Å². The van der Waals surface area contributed by atoms with Crippen LogP contribution >= 0.6 is 0 Å². The van der Waals surface area contributed by atoms with Gasteiger partial charge in [0.2, 0.25) is 0 Å². The highest BCUT2D eigenvalue weighted by Gasteiger charge is 2.44. The molecule has 0 radical (unpaired) electrons. The van der Waals surface area contributed by atoms with Crippen molar-refractivity contribution >= 4 is 23.6 Å². The number of aromatic nitrogens is 1. The zero-order valence-electron chi connectivity index (χ0n) is 16.1. The fourth-order valence-electron chi connectivity index (χ4n) is 3.34. The molecule has 2 aromatic rings. The van der Waals surface area contributed by atoms with Gasteiger partial charge in [-0.2, -0.15) is 0 Å². The maximum Gasteiger partial charge on any atom is 0.334 e. The van der Waals surface area contributed by atoms with Crippen LogP contribution in [0.15, 0.2) is 43.0 Å². The lowest BCUT2D eigenvalue weighted by atomic mass is 10.1. The fraction of sp³-hybridized carbons (Fsp3) is 0.238. The molecule has 1 fully saturated rings. The Bertz CT molecular complexity index is 1000. The lowest BCUT2D eigenvalue weighted by Gasteiger charge is -2.14. The third-order valence-electron chi connectivity index (χ3n) is 4.77. The summed E-state index contributed by atoms with van der Waals surface area (Å²) in [5, 5.41) is 0. The molecule has 0 bridgehead atoms. The van der Waals surface area contributed by atoms with Crippen LogP contribution in [0.2, 0.25) is 0 Å². The van der Waals surface area contributed by atoms with Crippen LogP contribution in [0.1, 0.15) is 27.3 Å². The van der Waals surface area contributed by atoms with Crippen LogP contribution in [0.4, 0.5) is 4.79 Å².